The smallest absolute Gasteiger partial charge is 0.490 e. The lowest BCUT2D eigenvalue weighted by atomic mass is 10.0. The third-order valence-corrected chi connectivity index (χ3v) is 5.28. The van der Waals surface area contributed by atoms with Crippen molar-refractivity contribution in [3.8, 4) is 5.75 Å². The number of methoxy groups -OCH3 is 1. The molecule has 0 saturated carbocycles. The Balaban J connectivity index is 0.000000718. The maximum Gasteiger partial charge on any atom is 0.490 e. The number of nitrogens with zero attached hydrogens (tertiary/aromatic N) is 1. The molecule has 0 spiro atoms. The summed E-state index contributed by atoms with van der Waals surface area (Å²) in [5, 5.41) is 23.3. The SMILES string of the molecule is CCN(CC)CCCNC(=O)O[C@@H]1[C@@H](O)CN[C@@H]1Cc1ccc(OC)cc1.O=C(O)C(F)(F)F. The van der Waals surface area contributed by atoms with Crippen LogP contribution in [0.25, 0.3) is 0 Å². The Kier molecular flexibility index (Phi) is 12.7. The number of β-amino-alcohol motifs (C(OH)–C–C–N with tert-alkyl or cyclic N) is 1. The lowest BCUT2D eigenvalue weighted by molar-refractivity contribution is -0.192. The quantitative estimate of drug-likeness (QED) is 0.366. The molecular formula is C22H34F3N3O6. The third kappa shape index (κ3) is 10.6. The highest BCUT2D eigenvalue weighted by molar-refractivity contribution is 5.73. The van der Waals surface area contributed by atoms with Gasteiger partial charge in [-0.3, -0.25) is 0 Å². The molecule has 1 amide bonds. The molecule has 1 aliphatic rings. The fourth-order valence-electron chi connectivity index (χ4n) is 3.34. The first-order chi connectivity index (χ1) is 16.0. The van der Waals surface area contributed by atoms with Crippen LogP contribution in [0.5, 0.6) is 5.75 Å². The van der Waals surface area contributed by atoms with E-state index < -0.39 is 30.4 Å². The molecule has 2 rings (SSSR count). The number of rotatable bonds is 10. The number of nitrogens with one attached hydrogen (secondary N) is 2. The molecule has 1 heterocycles. The van der Waals surface area contributed by atoms with E-state index in [0.29, 0.717) is 19.5 Å². The highest BCUT2D eigenvalue weighted by Gasteiger charge is 2.38. The van der Waals surface area contributed by atoms with Crippen LogP contribution in [0.2, 0.25) is 0 Å². The van der Waals surface area contributed by atoms with Crippen molar-refractivity contribution in [2.75, 3.05) is 39.8 Å². The van der Waals surface area contributed by atoms with E-state index in [-0.39, 0.29) is 6.04 Å². The van der Waals surface area contributed by atoms with Gasteiger partial charge >= 0.3 is 18.2 Å². The molecule has 1 aromatic rings. The number of amides is 1. The van der Waals surface area contributed by atoms with Crippen molar-refractivity contribution in [1.29, 1.82) is 0 Å². The largest absolute Gasteiger partial charge is 0.497 e. The van der Waals surface area contributed by atoms with Gasteiger partial charge in [-0.2, -0.15) is 13.2 Å². The Labute approximate surface area is 197 Å². The monoisotopic (exact) mass is 493 g/mol. The Morgan fingerprint density at radius 2 is 1.79 bits per heavy atom. The van der Waals surface area contributed by atoms with Gasteiger partial charge in [-0.25, -0.2) is 9.59 Å². The van der Waals surface area contributed by atoms with Crippen molar-refractivity contribution in [2.45, 2.75) is 51.1 Å². The van der Waals surface area contributed by atoms with E-state index in [1.54, 1.807) is 7.11 Å². The van der Waals surface area contributed by atoms with Crippen molar-refractivity contribution >= 4 is 12.1 Å². The van der Waals surface area contributed by atoms with E-state index in [2.05, 4.69) is 29.4 Å². The van der Waals surface area contributed by atoms with Crippen molar-refractivity contribution in [1.82, 2.24) is 15.5 Å². The molecule has 0 radical (unpaired) electrons. The van der Waals surface area contributed by atoms with Gasteiger partial charge in [0.2, 0.25) is 0 Å². The van der Waals surface area contributed by atoms with Gasteiger partial charge in [-0.15, -0.1) is 0 Å². The number of carboxylic acids is 1. The third-order valence-electron chi connectivity index (χ3n) is 5.28. The van der Waals surface area contributed by atoms with Crippen LogP contribution in [0.4, 0.5) is 18.0 Å². The molecule has 0 unspecified atom stereocenters. The number of alkyl halides is 3. The van der Waals surface area contributed by atoms with Crippen LogP contribution in [0, 0.1) is 0 Å². The Morgan fingerprint density at radius 3 is 2.29 bits per heavy atom. The topological polar surface area (TPSA) is 120 Å². The molecule has 1 aromatic carbocycles. The summed E-state index contributed by atoms with van der Waals surface area (Å²) in [6, 6.07) is 7.65. The maximum absolute atomic E-state index is 12.1. The van der Waals surface area contributed by atoms with Crippen molar-refractivity contribution in [2.24, 2.45) is 0 Å². The molecule has 9 nitrogen and oxygen atoms in total. The van der Waals surface area contributed by atoms with Gasteiger partial charge < -0.3 is 35.2 Å². The summed E-state index contributed by atoms with van der Waals surface area (Å²) in [5.41, 5.74) is 1.09. The Morgan fingerprint density at radius 1 is 1.21 bits per heavy atom. The van der Waals surface area contributed by atoms with Gasteiger partial charge in [0.15, 0.2) is 0 Å². The molecule has 0 aromatic heterocycles. The van der Waals surface area contributed by atoms with Gasteiger partial charge in [-0.1, -0.05) is 26.0 Å². The van der Waals surface area contributed by atoms with Crippen LogP contribution in [-0.4, -0.2) is 91.4 Å². The van der Waals surface area contributed by atoms with E-state index in [9.17, 15) is 23.1 Å². The number of aliphatic hydroxyl groups excluding tert-OH is 1. The molecule has 1 aliphatic heterocycles. The van der Waals surface area contributed by atoms with Crippen LogP contribution in [0.1, 0.15) is 25.8 Å². The summed E-state index contributed by atoms with van der Waals surface area (Å²) in [4.78, 5) is 23.3. The van der Waals surface area contributed by atoms with Crippen molar-refractivity contribution < 1.29 is 42.4 Å². The molecule has 3 atom stereocenters. The molecule has 194 valence electrons. The fourth-order valence-corrected chi connectivity index (χ4v) is 3.34. The Hall–Kier alpha value is -2.57. The van der Waals surface area contributed by atoms with Gasteiger partial charge in [0.25, 0.3) is 0 Å². The van der Waals surface area contributed by atoms with Gasteiger partial charge in [0.05, 0.1) is 13.2 Å². The van der Waals surface area contributed by atoms with Crippen molar-refractivity contribution in [3.05, 3.63) is 29.8 Å². The Bertz CT molecular complexity index is 744. The zero-order chi connectivity index (χ0) is 25.7. The normalized spacial score (nSPS) is 19.8. The number of aliphatic carboxylic acids is 1. The number of hydrogen-bond acceptors (Lipinski definition) is 7. The molecule has 12 heteroatoms. The minimum atomic E-state index is -5.08. The van der Waals surface area contributed by atoms with E-state index in [1.165, 1.54) is 0 Å². The first kappa shape index (κ1) is 29.5. The average Bonchev–Trinajstić information content (AvgIpc) is 3.13. The number of hydrogen-bond donors (Lipinski definition) is 4. The van der Waals surface area contributed by atoms with Crippen LogP contribution in [0.15, 0.2) is 24.3 Å². The van der Waals surface area contributed by atoms with Crippen LogP contribution < -0.4 is 15.4 Å². The molecule has 0 bridgehead atoms. The second-order valence-corrected chi connectivity index (χ2v) is 7.61. The molecule has 0 aliphatic carbocycles. The van der Waals surface area contributed by atoms with Gasteiger partial charge in [0.1, 0.15) is 18.0 Å². The average molecular weight is 494 g/mol. The fraction of sp³-hybridized carbons (Fsp3) is 0.636. The van der Waals surface area contributed by atoms with E-state index in [0.717, 1.165) is 37.4 Å². The van der Waals surface area contributed by atoms with E-state index >= 15 is 0 Å². The van der Waals surface area contributed by atoms with Crippen LogP contribution >= 0.6 is 0 Å². The number of halogens is 3. The molecule has 34 heavy (non-hydrogen) atoms. The van der Waals surface area contributed by atoms with Gasteiger partial charge in [-0.05, 0) is 50.2 Å². The number of ether oxygens (including phenoxy) is 2. The first-order valence-corrected chi connectivity index (χ1v) is 11.0. The molecule has 1 fully saturated rings. The molecular weight excluding hydrogens is 459 g/mol. The lowest BCUT2D eigenvalue weighted by Crippen LogP contribution is -2.42. The second-order valence-electron chi connectivity index (χ2n) is 7.61. The number of benzene rings is 1. The first-order valence-electron chi connectivity index (χ1n) is 11.0. The summed E-state index contributed by atoms with van der Waals surface area (Å²) >= 11 is 0. The highest BCUT2D eigenvalue weighted by atomic mass is 19.4. The molecule has 4 N–H and O–H groups in total. The predicted octanol–water partition coefficient (Wildman–Crippen LogP) is 2.03. The second kappa shape index (κ2) is 14.6. The number of carbonyl (C=O) groups excluding carboxylic acids is 1. The predicted molar refractivity (Wildman–Crippen MR) is 119 cm³/mol. The number of carbonyl (C=O) groups is 2. The number of carboxylic acid groups (broad SMARTS) is 1. The minimum Gasteiger partial charge on any atom is -0.497 e. The maximum atomic E-state index is 12.1. The van der Waals surface area contributed by atoms with Gasteiger partial charge in [0, 0.05) is 13.1 Å². The zero-order valence-electron chi connectivity index (χ0n) is 19.6. The summed E-state index contributed by atoms with van der Waals surface area (Å²) in [6.45, 7) is 8.20. The van der Waals surface area contributed by atoms with E-state index in [1.807, 2.05) is 24.3 Å². The summed E-state index contributed by atoms with van der Waals surface area (Å²) in [6.07, 6.45) is -5.27. The van der Waals surface area contributed by atoms with Crippen molar-refractivity contribution in [3.63, 3.8) is 0 Å². The molecule has 1 saturated heterocycles. The van der Waals surface area contributed by atoms with Crippen LogP contribution in [-0.2, 0) is 16.0 Å². The van der Waals surface area contributed by atoms with E-state index in [4.69, 9.17) is 19.4 Å². The minimum absolute atomic E-state index is 0.116. The lowest BCUT2D eigenvalue weighted by Gasteiger charge is -2.22. The number of alkyl carbamates (subject to hydrolysis) is 1. The summed E-state index contributed by atoms with van der Waals surface area (Å²) < 4.78 is 42.4. The van der Waals surface area contributed by atoms with Crippen LogP contribution in [0.3, 0.4) is 0 Å². The zero-order valence-corrected chi connectivity index (χ0v) is 19.6. The standard InChI is InChI=1S/C20H33N3O4.C2HF3O2/c1-4-23(5-2)12-6-11-21-20(25)27-19-17(22-14-18(19)24)13-15-7-9-16(26-3)10-8-15;3-2(4,5)1(6)7/h7-10,17-19,22,24H,4-6,11-14H2,1-3H3,(H,21,25);(H,6,7)/t17-,18+,19+;/m1./s1. The number of aliphatic hydroxyl groups is 1. The summed E-state index contributed by atoms with van der Waals surface area (Å²) in [5.74, 6) is -1.96. The summed E-state index contributed by atoms with van der Waals surface area (Å²) in [7, 11) is 1.63. The highest BCUT2D eigenvalue weighted by Crippen LogP contribution is 2.19.